The molecule has 172 valence electrons. The number of hydrogen-bond acceptors (Lipinski definition) is 11. The molecule has 0 spiro atoms. The maximum atomic E-state index is 12.1. The van der Waals surface area contributed by atoms with Crippen molar-refractivity contribution in [3.63, 3.8) is 0 Å². The van der Waals surface area contributed by atoms with Crippen LogP contribution in [-0.4, -0.2) is 52.7 Å². The summed E-state index contributed by atoms with van der Waals surface area (Å²) in [6.45, 7) is 0.469. The fourth-order valence-electron chi connectivity index (χ4n) is 2.43. The second-order valence-corrected chi connectivity index (χ2v) is 10.4. The number of nitrogens with zero attached hydrogens (tertiary/aromatic N) is 2. The Morgan fingerprint density at radius 2 is 1.77 bits per heavy atom. The molecule has 2 heterocycles. The standard InChI is InChI=1S/C10H18N3O14P3/c1-5-3-12(10(16)13(11)9(5)15)8-2-6(14)7(25-8)4-24-29(20,21)27-30(22,23)26-28(17,18)19/h3,6-8,14H,2,4,11H2,1H3,(H,20,21)(H,22,23)(H2,17,18,19)/t6?,7-,8-/m1/s1. The second-order valence-electron chi connectivity index (χ2n) is 6.00. The van der Waals surface area contributed by atoms with Crippen LogP contribution in [0.4, 0.5) is 0 Å². The molecule has 3 unspecified atom stereocenters. The van der Waals surface area contributed by atoms with E-state index >= 15 is 0 Å². The van der Waals surface area contributed by atoms with Gasteiger partial charge in [-0.25, -0.2) is 18.5 Å². The first kappa shape index (κ1) is 25.1. The topological polar surface area (TPSA) is 259 Å². The van der Waals surface area contributed by atoms with Gasteiger partial charge in [-0.15, -0.1) is 0 Å². The zero-order valence-corrected chi connectivity index (χ0v) is 17.6. The SMILES string of the molecule is Cc1cn([C@H]2CC(O)[C@@H](COP(=O)(O)OP(=O)(O)OP(=O)(O)O)O2)c(=O)n(N)c1=O. The lowest BCUT2D eigenvalue weighted by molar-refractivity contribution is -0.0453. The third-order valence-corrected chi connectivity index (χ3v) is 7.45. The molecule has 0 aliphatic carbocycles. The lowest BCUT2D eigenvalue weighted by Gasteiger charge is -2.19. The molecule has 17 nitrogen and oxygen atoms in total. The molecular formula is C10H18N3O14P3. The summed E-state index contributed by atoms with van der Waals surface area (Å²) in [6, 6.07) is 0. The van der Waals surface area contributed by atoms with Crippen LogP contribution in [0.25, 0.3) is 0 Å². The number of aromatic nitrogens is 2. The molecule has 0 radical (unpaired) electrons. The van der Waals surface area contributed by atoms with Gasteiger partial charge in [0.15, 0.2) is 0 Å². The van der Waals surface area contributed by atoms with Crippen molar-refractivity contribution in [2.24, 2.45) is 0 Å². The summed E-state index contributed by atoms with van der Waals surface area (Å²) in [7, 11) is -16.6. The van der Waals surface area contributed by atoms with Crippen LogP contribution in [0.2, 0.25) is 0 Å². The molecule has 0 aromatic carbocycles. The van der Waals surface area contributed by atoms with Gasteiger partial charge in [0.25, 0.3) is 5.56 Å². The number of rotatable bonds is 8. The lowest BCUT2D eigenvalue weighted by atomic mass is 10.2. The third kappa shape index (κ3) is 6.40. The molecule has 1 aromatic heterocycles. The molecule has 0 saturated carbocycles. The molecule has 2 rings (SSSR count). The van der Waals surface area contributed by atoms with Crippen LogP contribution in [-0.2, 0) is 31.6 Å². The van der Waals surface area contributed by atoms with Crippen molar-refractivity contribution >= 4 is 23.5 Å². The van der Waals surface area contributed by atoms with E-state index in [4.69, 9.17) is 25.3 Å². The molecule has 1 aliphatic heterocycles. The molecule has 0 bridgehead atoms. The molecule has 30 heavy (non-hydrogen) atoms. The maximum absolute atomic E-state index is 12.1. The Balaban J connectivity index is 2.07. The predicted octanol–water partition coefficient (Wildman–Crippen LogP) is -1.98. The first-order chi connectivity index (χ1) is 13.5. The minimum atomic E-state index is -5.69. The summed E-state index contributed by atoms with van der Waals surface area (Å²) >= 11 is 0. The highest BCUT2D eigenvalue weighted by Gasteiger charge is 2.43. The first-order valence-corrected chi connectivity index (χ1v) is 12.3. The molecule has 1 fully saturated rings. The van der Waals surface area contributed by atoms with Crippen molar-refractivity contribution in [3.8, 4) is 0 Å². The summed E-state index contributed by atoms with van der Waals surface area (Å²) in [5, 5.41) is 10.0. The van der Waals surface area contributed by atoms with Gasteiger partial charge in [0.05, 0.1) is 12.7 Å². The smallest absolute Gasteiger partial charge is 0.390 e. The number of nitrogens with two attached hydrogens (primary N) is 1. The van der Waals surface area contributed by atoms with E-state index in [1.165, 1.54) is 6.92 Å². The number of ether oxygens (including phenoxy) is 1. The largest absolute Gasteiger partial charge is 0.490 e. The van der Waals surface area contributed by atoms with Crippen molar-refractivity contribution < 1.29 is 56.3 Å². The Hall–Kier alpha value is -1.19. The number of aliphatic hydroxyl groups is 1. The zero-order chi connectivity index (χ0) is 23.1. The average molecular weight is 497 g/mol. The van der Waals surface area contributed by atoms with Crippen LogP contribution in [0.3, 0.4) is 0 Å². The van der Waals surface area contributed by atoms with Crippen LogP contribution in [0.5, 0.6) is 0 Å². The Morgan fingerprint density at radius 3 is 2.33 bits per heavy atom. The molecular weight excluding hydrogens is 479 g/mol. The van der Waals surface area contributed by atoms with Crippen LogP contribution < -0.4 is 17.1 Å². The van der Waals surface area contributed by atoms with E-state index in [1.807, 2.05) is 0 Å². The second kappa shape index (κ2) is 8.74. The Morgan fingerprint density at radius 1 is 1.17 bits per heavy atom. The lowest BCUT2D eigenvalue weighted by Crippen LogP contribution is -2.46. The Bertz CT molecular complexity index is 1060. The Kier molecular flexibility index (Phi) is 7.31. The highest BCUT2D eigenvalue weighted by Crippen LogP contribution is 2.66. The van der Waals surface area contributed by atoms with Gasteiger partial charge in [-0.1, -0.05) is 0 Å². The molecule has 0 amide bonds. The van der Waals surface area contributed by atoms with E-state index in [-0.39, 0.29) is 12.0 Å². The summed E-state index contributed by atoms with van der Waals surface area (Å²) in [6.07, 6.45) is -2.92. The monoisotopic (exact) mass is 497 g/mol. The van der Waals surface area contributed by atoms with Crippen molar-refractivity contribution in [2.75, 3.05) is 12.4 Å². The van der Waals surface area contributed by atoms with Gasteiger partial charge in [-0.3, -0.25) is 13.9 Å². The van der Waals surface area contributed by atoms with Crippen LogP contribution >= 0.6 is 23.5 Å². The maximum Gasteiger partial charge on any atom is 0.490 e. The molecule has 1 aliphatic rings. The fraction of sp³-hybridized carbons (Fsp3) is 0.600. The number of aryl methyl sites for hydroxylation is 1. The average Bonchev–Trinajstić information content (AvgIpc) is 2.92. The van der Waals surface area contributed by atoms with Crippen LogP contribution in [0.1, 0.15) is 18.2 Å². The highest BCUT2D eigenvalue weighted by atomic mass is 31.3. The Labute approximate surface area is 166 Å². The highest BCUT2D eigenvalue weighted by molar-refractivity contribution is 7.66. The van der Waals surface area contributed by atoms with Crippen LogP contribution in [0.15, 0.2) is 15.8 Å². The predicted molar refractivity (Wildman–Crippen MR) is 94.2 cm³/mol. The van der Waals surface area contributed by atoms with Gasteiger partial charge < -0.3 is 35.3 Å². The van der Waals surface area contributed by atoms with E-state index in [9.17, 15) is 33.3 Å². The van der Waals surface area contributed by atoms with Crippen molar-refractivity contribution in [1.29, 1.82) is 0 Å². The normalized spacial score (nSPS) is 26.3. The molecule has 20 heteroatoms. The fourth-order valence-corrected chi connectivity index (χ4v) is 5.46. The van der Waals surface area contributed by atoms with Gasteiger partial charge in [0.1, 0.15) is 12.3 Å². The minimum Gasteiger partial charge on any atom is -0.390 e. The molecule has 1 saturated heterocycles. The van der Waals surface area contributed by atoms with E-state index in [2.05, 4.69) is 13.1 Å². The van der Waals surface area contributed by atoms with Gasteiger partial charge in [-0.2, -0.15) is 13.3 Å². The van der Waals surface area contributed by atoms with E-state index in [0.717, 1.165) is 10.8 Å². The van der Waals surface area contributed by atoms with Gasteiger partial charge in [0, 0.05) is 18.2 Å². The van der Waals surface area contributed by atoms with Crippen molar-refractivity contribution in [3.05, 3.63) is 32.6 Å². The zero-order valence-electron chi connectivity index (χ0n) is 14.9. The number of phosphoric ester groups is 1. The summed E-state index contributed by atoms with van der Waals surface area (Å²) in [4.78, 5) is 59.1. The van der Waals surface area contributed by atoms with Gasteiger partial charge in [0.2, 0.25) is 0 Å². The quantitative estimate of drug-likeness (QED) is 0.168. The number of hydrogen-bond donors (Lipinski definition) is 6. The van der Waals surface area contributed by atoms with Gasteiger partial charge in [-0.05, 0) is 6.92 Å². The van der Waals surface area contributed by atoms with E-state index < -0.39 is 59.8 Å². The number of aliphatic hydroxyl groups excluding tert-OH is 1. The minimum absolute atomic E-state index is 0.0897. The van der Waals surface area contributed by atoms with Gasteiger partial charge >= 0.3 is 29.2 Å². The third-order valence-electron chi connectivity index (χ3n) is 3.65. The first-order valence-electron chi connectivity index (χ1n) is 7.73. The number of nitrogen functional groups attached to an aromatic ring is 1. The summed E-state index contributed by atoms with van der Waals surface area (Å²) in [5.41, 5.74) is -1.62. The molecule has 7 N–H and O–H groups in total. The van der Waals surface area contributed by atoms with Crippen molar-refractivity contribution in [1.82, 2.24) is 9.24 Å². The van der Waals surface area contributed by atoms with E-state index in [0.29, 0.717) is 4.68 Å². The molecule has 1 aromatic rings. The van der Waals surface area contributed by atoms with Crippen LogP contribution in [0, 0.1) is 6.92 Å². The van der Waals surface area contributed by atoms with Crippen molar-refractivity contribution in [2.45, 2.75) is 31.8 Å². The summed E-state index contributed by atoms with van der Waals surface area (Å²) < 4.78 is 51.6. The number of phosphoric acid groups is 3. The summed E-state index contributed by atoms with van der Waals surface area (Å²) in [5.74, 6) is 5.36. The van der Waals surface area contributed by atoms with E-state index in [1.54, 1.807) is 0 Å². The molecule has 5 atom stereocenters.